The number of benzene rings is 1. The van der Waals surface area contributed by atoms with E-state index in [2.05, 4.69) is 22.0 Å². The van der Waals surface area contributed by atoms with Crippen molar-refractivity contribution in [2.45, 2.75) is 25.8 Å². The normalized spacial score (nSPS) is 18.4. The Balaban J connectivity index is 1.56. The Morgan fingerprint density at radius 1 is 1.28 bits per heavy atom. The van der Waals surface area contributed by atoms with Crippen molar-refractivity contribution in [3.05, 3.63) is 47.7 Å². The summed E-state index contributed by atoms with van der Waals surface area (Å²) in [5.74, 6) is 2.13. The summed E-state index contributed by atoms with van der Waals surface area (Å²) < 4.78 is 15.9. The number of carbonyl (C=O) groups is 1. The summed E-state index contributed by atoms with van der Waals surface area (Å²) in [7, 11) is 0. The Bertz CT molecular complexity index is 775. The molecular weight excluding hydrogens is 320 g/mol. The second-order valence-corrected chi connectivity index (χ2v) is 6.09. The summed E-state index contributed by atoms with van der Waals surface area (Å²) in [4.78, 5) is 18.5. The van der Waals surface area contributed by atoms with Gasteiger partial charge in [-0.05, 0) is 49.6 Å². The Hall–Kier alpha value is -2.76. The van der Waals surface area contributed by atoms with Crippen molar-refractivity contribution in [3.8, 4) is 11.5 Å². The van der Waals surface area contributed by atoms with Gasteiger partial charge in [0.2, 0.25) is 6.79 Å². The maximum absolute atomic E-state index is 11.8. The average molecular weight is 340 g/mol. The molecule has 1 saturated heterocycles. The van der Waals surface area contributed by atoms with Crippen LogP contribution in [0.3, 0.4) is 0 Å². The van der Waals surface area contributed by atoms with Crippen LogP contribution in [0.25, 0.3) is 0 Å². The van der Waals surface area contributed by atoms with E-state index in [9.17, 15) is 4.79 Å². The number of nitrogens with zero attached hydrogens (tertiary/aromatic N) is 2. The highest BCUT2D eigenvalue weighted by Gasteiger charge is 2.28. The zero-order valence-corrected chi connectivity index (χ0v) is 14.1. The zero-order valence-electron chi connectivity index (χ0n) is 14.1. The minimum absolute atomic E-state index is 0.246. The molecular formula is C19H20N2O4. The van der Waals surface area contributed by atoms with E-state index in [0.717, 1.165) is 36.7 Å². The molecule has 0 amide bonds. The first-order valence-electron chi connectivity index (χ1n) is 8.55. The van der Waals surface area contributed by atoms with Crippen LogP contribution >= 0.6 is 0 Å². The van der Waals surface area contributed by atoms with Crippen LogP contribution in [0.5, 0.6) is 11.5 Å². The standard InChI is InChI=1S/C19H20N2O4/c1-2-23-19(22)14-6-8-18(20-11-14)21-9-3-4-15(21)13-5-7-16-17(10-13)25-12-24-16/h5-8,10-11,15H,2-4,9,12H2,1H3. The summed E-state index contributed by atoms with van der Waals surface area (Å²) in [6, 6.07) is 10.0. The van der Waals surface area contributed by atoms with Crippen molar-refractivity contribution < 1.29 is 19.0 Å². The van der Waals surface area contributed by atoms with Crippen molar-refractivity contribution in [2.24, 2.45) is 0 Å². The molecule has 1 aromatic carbocycles. The molecule has 130 valence electrons. The molecule has 0 bridgehead atoms. The van der Waals surface area contributed by atoms with E-state index in [0.29, 0.717) is 12.2 Å². The fourth-order valence-electron chi connectivity index (χ4n) is 3.40. The van der Waals surface area contributed by atoms with Gasteiger partial charge in [-0.15, -0.1) is 0 Å². The third-order valence-electron chi connectivity index (χ3n) is 4.59. The minimum Gasteiger partial charge on any atom is -0.462 e. The zero-order chi connectivity index (χ0) is 17.2. The van der Waals surface area contributed by atoms with Gasteiger partial charge in [0.1, 0.15) is 5.82 Å². The van der Waals surface area contributed by atoms with E-state index in [1.54, 1.807) is 19.2 Å². The largest absolute Gasteiger partial charge is 0.462 e. The molecule has 0 saturated carbocycles. The molecule has 0 aliphatic carbocycles. The molecule has 3 heterocycles. The lowest BCUT2D eigenvalue weighted by Gasteiger charge is -2.26. The van der Waals surface area contributed by atoms with E-state index in [4.69, 9.17) is 14.2 Å². The highest BCUT2D eigenvalue weighted by Crippen LogP contribution is 2.40. The van der Waals surface area contributed by atoms with Gasteiger partial charge in [-0.25, -0.2) is 9.78 Å². The lowest BCUT2D eigenvalue weighted by molar-refractivity contribution is 0.0526. The predicted octanol–water partition coefficient (Wildman–Crippen LogP) is 3.33. The number of hydrogen-bond donors (Lipinski definition) is 0. The molecule has 25 heavy (non-hydrogen) atoms. The Morgan fingerprint density at radius 2 is 2.16 bits per heavy atom. The maximum Gasteiger partial charge on any atom is 0.339 e. The number of carbonyl (C=O) groups excluding carboxylic acids is 1. The van der Waals surface area contributed by atoms with Crippen LogP contribution < -0.4 is 14.4 Å². The lowest BCUT2D eigenvalue weighted by Crippen LogP contribution is -2.23. The van der Waals surface area contributed by atoms with Crippen LogP contribution in [-0.2, 0) is 4.74 Å². The highest BCUT2D eigenvalue weighted by molar-refractivity contribution is 5.89. The highest BCUT2D eigenvalue weighted by atomic mass is 16.7. The molecule has 1 atom stereocenters. The fraction of sp³-hybridized carbons (Fsp3) is 0.368. The SMILES string of the molecule is CCOC(=O)c1ccc(N2CCCC2c2ccc3c(c2)OCO3)nc1. The Kier molecular flexibility index (Phi) is 4.17. The molecule has 0 N–H and O–H groups in total. The van der Waals surface area contributed by atoms with Gasteiger partial charge in [0.05, 0.1) is 18.2 Å². The van der Waals surface area contributed by atoms with Crippen molar-refractivity contribution in [2.75, 3.05) is 24.8 Å². The summed E-state index contributed by atoms with van der Waals surface area (Å²) in [6.07, 6.45) is 3.74. The van der Waals surface area contributed by atoms with Gasteiger partial charge in [0, 0.05) is 12.7 Å². The summed E-state index contributed by atoms with van der Waals surface area (Å²) >= 11 is 0. The number of esters is 1. The summed E-state index contributed by atoms with van der Waals surface area (Å²) in [6.45, 7) is 3.37. The summed E-state index contributed by atoms with van der Waals surface area (Å²) in [5, 5.41) is 0. The number of rotatable bonds is 4. The van der Waals surface area contributed by atoms with Crippen molar-refractivity contribution >= 4 is 11.8 Å². The number of pyridine rings is 1. The van der Waals surface area contributed by atoms with Crippen molar-refractivity contribution in [3.63, 3.8) is 0 Å². The van der Waals surface area contributed by atoms with Gasteiger partial charge >= 0.3 is 5.97 Å². The minimum atomic E-state index is -0.338. The van der Waals surface area contributed by atoms with E-state index in [1.165, 1.54) is 5.56 Å². The number of aromatic nitrogens is 1. The molecule has 1 aromatic heterocycles. The lowest BCUT2D eigenvalue weighted by atomic mass is 10.0. The first kappa shape index (κ1) is 15.7. The van der Waals surface area contributed by atoms with E-state index in [-0.39, 0.29) is 18.8 Å². The molecule has 2 aliphatic rings. The van der Waals surface area contributed by atoms with Crippen molar-refractivity contribution in [1.29, 1.82) is 0 Å². The first-order valence-corrected chi connectivity index (χ1v) is 8.55. The average Bonchev–Trinajstić information content (AvgIpc) is 3.30. The second kappa shape index (κ2) is 6.63. The Labute approximate surface area is 146 Å². The van der Waals surface area contributed by atoms with Gasteiger partial charge in [0.15, 0.2) is 11.5 Å². The summed E-state index contributed by atoms with van der Waals surface area (Å²) in [5.41, 5.74) is 1.67. The van der Waals surface area contributed by atoms with Gasteiger partial charge in [-0.3, -0.25) is 0 Å². The number of anilines is 1. The molecule has 0 spiro atoms. The van der Waals surface area contributed by atoms with E-state index in [1.807, 2.05) is 12.1 Å². The fourth-order valence-corrected chi connectivity index (χ4v) is 3.40. The predicted molar refractivity (Wildman–Crippen MR) is 92.1 cm³/mol. The molecule has 1 unspecified atom stereocenters. The number of hydrogen-bond acceptors (Lipinski definition) is 6. The molecule has 6 heteroatoms. The van der Waals surface area contributed by atoms with Gasteiger partial charge in [-0.2, -0.15) is 0 Å². The smallest absolute Gasteiger partial charge is 0.339 e. The third-order valence-corrected chi connectivity index (χ3v) is 4.59. The van der Waals surface area contributed by atoms with Gasteiger partial charge in [-0.1, -0.05) is 6.07 Å². The topological polar surface area (TPSA) is 60.9 Å². The van der Waals surface area contributed by atoms with E-state index < -0.39 is 0 Å². The number of ether oxygens (including phenoxy) is 3. The van der Waals surface area contributed by atoms with Crippen LogP contribution in [0, 0.1) is 0 Å². The number of fused-ring (bicyclic) bond motifs is 1. The van der Waals surface area contributed by atoms with E-state index >= 15 is 0 Å². The Morgan fingerprint density at radius 3 is 2.96 bits per heavy atom. The van der Waals surface area contributed by atoms with Crippen LogP contribution in [0.4, 0.5) is 5.82 Å². The van der Waals surface area contributed by atoms with Gasteiger partial charge < -0.3 is 19.1 Å². The quantitative estimate of drug-likeness (QED) is 0.796. The molecule has 4 rings (SSSR count). The third kappa shape index (κ3) is 2.99. The maximum atomic E-state index is 11.8. The van der Waals surface area contributed by atoms with Crippen LogP contribution in [0.15, 0.2) is 36.5 Å². The van der Waals surface area contributed by atoms with Crippen molar-refractivity contribution in [1.82, 2.24) is 4.98 Å². The van der Waals surface area contributed by atoms with Gasteiger partial charge in [0.25, 0.3) is 0 Å². The monoisotopic (exact) mass is 340 g/mol. The molecule has 2 aliphatic heterocycles. The molecule has 6 nitrogen and oxygen atoms in total. The van der Waals surface area contributed by atoms with Crippen LogP contribution in [0.1, 0.15) is 41.7 Å². The molecule has 2 aromatic rings. The molecule has 0 radical (unpaired) electrons. The van der Waals surface area contributed by atoms with Crippen LogP contribution in [-0.4, -0.2) is 30.9 Å². The van der Waals surface area contributed by atoms with Crippen LogP contribution in [0.2, 0.25) is 0 Å². The molecule has 1 fully saturated rings. The second-order valence-electron chi connectivity index (χ2n) is 6.09. The first-order chi connectivity index (χ1) is 12.3.